The van der Waals surface area contributed by atoms with Gasteiger partial charge in [-0.3, -0.25) is 4.79 Å². The first kappa shape index (κ1) is 21.6. The Labute approximate surface area is 172 Å². The van der Waals surface area contributed by atoms with Gasteiger partial charge in [0, 0.05) is 30.4 Å². The van der Waals surface area contributed by atoms with Gasteiger partial charge in [0.25, 0.3) is 5.91 Å². The molecule has 1 aliphatic heterocycles. The standard InChI is InChI=1S/C19H19ClF2N2O4S/c1-11-9-24(10-12(2)28-11)29(26,27)18-5-13(3-4-17(18)20)19(25)23-16-7-14(21)6-15(22)8-16/h3-8,11-12H,9-10H2,1-2H3,(H,23,25). The average Bonchev–Trinajstić information content (AvgIpc) is 2.60. The van der Waals surface area contributed by atoms with E-state index in [9.17, 15) is 22.0 Å². The number of nitrogens with one attached hydrogen (secondary N) is 1. The van der Waals surface area contributed by atoms with E-state index in [4.69, 9.17) is 16.3 Å². The number of halogens is 3. The molecule has 1 aliphatic rings. The minimum atomic E-state index is -3.98. The second-order valence-electron chi connectivity index (χ2n) is 6.84. The summed E-state index contributed by atoms with van der Waals surface area (Å²) >= 11 is 6.11. The Morgan fingerprint density at radius 3 is 2.28 bits per heavy atom. The molecule has 6 nitrogen and oxygen atoms in total. The van der Waals surface area contributed by atoms with Crippen molar-refractivity contribution in [1.29, 1.82) is 0 Å². The van der Waals surface area contributed by atoms with Crippen LogP contribution in [0.3, 0.4) is 0 Å². The Hall–Kier alpha value is -2.07. The van der Waals surface area contributed by atoms with Gasteiger partial charge in [-0.05, 0) is 44.2 Å². The van der Waals surface area contributed by atoms with Crippen molar-refractivity contribution in [2.45, 2.75) is 31.0 Å². The maximum absolute atomic E-state index is 13.3. The number of nitrogens with zero attached hydrogens (tertiary/aromatic N) is 1. The van der Waals surface area contributed by atoms with Crippen LogP contribution in [-0.2, 0) is 14.8 Å². The van der Waals surface area contributed by atoms with Crippen molar-refractivity contribution in [3.8, 4) is 0 Å². The van der Waals surface area contributed by atoms with Crippen molar-refractivity contribution >= 4 is 33.2 Å². The number of carbonyl (C=O) groups is 1. The number of hydrogen-bond acceptors (Lipinski definition) is 4. The minimum absolute atomic E-state index is 0.0213. The fourth-order valence-electron chi connectivity index (χ4n) is 3.14. The normalized spacial score (nSPS) is 20.4. The Morgan fingerprint density at radius 2 is 1.69 bits per heavy atom. The van der Waals surface area contributed by atoms with Crippen molar-refractivity contribution in [1.82, 2.24) is 4.31 Å². The van der Waals surface area contributed by atoms with E-state index in [1.165, 1.54) is 16.4 Å². The van der Waals surface area contributed by atoms with E-state index in [1.807, 2.05) is 0 Å². The van der Waals surface area contributed by atoms with Crippen LogP contribution in [0.5, 0.6) is 0 Å². The van der Waals surface area contributed by atoms with E-state index >= 15 is 0 Å². The molecule has 0 spiro atoms. The molecule has 29 heavy (non-hydrogen) atoms. The van der Waals surface area contributed by atoms with Crippen LogP contribution in [0.1, 0.15) is 24.2 Å². The minimum Gasteiger partial charge on any atom is -0.373 e. The van der Waals surface area contributed by atoms with E-state index in [0.29, 0.717) is 6.07 Å². The summed E-state index contributed by atoms with van der Waals surface area (Å²) in [6, 6.07) is 6.34. The van der Waals surface area contributed by atoms with Gasteiger partial charge in [0.1, 0.15) is 16.5 Å². The molecule has 0 bridgehead atoms. The van der Waals surface area contributed by atoms with Gasteiger partial charge in [0.2, 0.25) is 10.0 Å². The van der Waals surface area contributed by atoms with Crippen LogP contribution in [0.2, 0.25) is 5.02 Å². The highest BCUT2D eigenvalue weighted by Crippen LogP contribution is 2.28. The predicted octanol–water partition coefficient (Wildman–Crippen LogP) is 3.67. The second kappa shape index (κ2) is 8.35. The molecule has 3 rings (SSSR count). The van der Waals surface area contributed by atoms with E-state index in [1.54, 1.807) is 13.8 Å². The average molecular weight is 445 g/mol. The number of hydrogen-bond donors (Lipinski definition) is 1. The van der Waals surface area contributed by atoms with Gasteiger partial charge >= 0.3 is 0 Å². The lowest BCUT2D eigenvalue weighted by Crippen LogP contribution is -2.48. The van der Waals surface area contributed by atoms with Crippen molar-refractivity contribution in [2.75, 3.05) is 18.4 Å². The first-order valence-electron chi connectivity index (χ1n) is 8.79. The molecule has 1 saturated heterocycles. The molecule has 0 radical (unpaired) electrons. The summed E-state index contributed by atoms with van der Waals surface area (Å²) < 4.78 is 59.6. The highest BCUT2D eigenvalue weighted by molar-refractivity contribution is 7.89. The molecule has 156 valence electrons. The van der Waals surface area contributed by atoms with E-state index in [2.05, 4.69) is 5.32 Å². The molecule has 2 atom stereocenters. The van der Waals surface area contributed by atoms with Crippen molar-refractivity contribution in [2.24, 2.45) is 0 Å². The van der Waals surface area contributed by atoms with E-state index < -0.39 is 27.6 Å². The summed E-state index contributed by atoms with van der Waals surface area (Å²) in [5, 5.41) is 2.30. The molecule has 1 fully saturated rings. The number of ether oxygens (including phenoxy) is 1. The van der Waals surface area contributed by atoms with Crippen molar-refractivity contribution in [3.63, 3.8) is 0 Å². The third-order valence-corrected chi connectivity index (χ3v) is 6.63. The zero-order chi connectivity index (χ0) is 21.3. The van der Waals surface area contributed by atoms with Crippen molar-refractivity contribution in [3.05, 3.63) is 58.6 Å². The molecular weight excluding hydrogens is 426 g/mol. The molecule has 1 amide bonds. The van der Waals surface area contributed by atoms with Gasteiger partial charge in [0.05, 0.1) is 17.2 Å². The third-order valence-electron chi connectivity index (χ3n) is 4.32. The van der Waals surface area contributed by atoms with Gasteiger partial charge in [0.15, 0.2) is 0 Å². The Bertz CT molecular complexity index is 1020. The zero-order valence-electron chi connectivity index (χ0n) is 15.7. The lowest BCUT2D eigenvalue weighted by atomic mass is 10.2. The maximum atomic E-state index is 13.3. The Morgan fingerprint density at radius 1 is 1.10 bits per heavy atom. The summed E-state index contributed by atoms with van der Waals surface area (Å²) in [7, 11) is -3.98. The van der Waals surface area contributed by atoms with Crippen LogP contribution < -0.4 is 5.32 Å². The topological polar surface area (TPSA) is 75.7 Å². The third kappa shape index (κ3) is 4.92. The number of carbonyl (C=O) groups excluding carboxylic acids is 1. The molecule has 0 saturated carbocycles. The van der Waals surface area contributed by atoms with Crippen LogP contribution >= 0.6 is 11.6 Å². The number of rotatable bonds is 4. The Balaban J connectivity index is 1.90. The lowest BCUT2D eigenvalue weighted by Gasteiger charge is -2.34. The summed E-state index contributed by atoms with van der Waals surface area (Å²) in [6.07, 6.45) is -0.580. The summed E-state index contributed by atoms with van der Waals surface area (Å²) in [4.78, 5) is 12.3. The quantitative estimate of drug-likeness (QED) is 0.780. The van der Waals surface area contributed by atoms with Crippen LogP contribution in [0.4, 0.5) is 14.5 Å². The molecule has 0 aromatic heterocycles. The van der Waals surface area contributed by atoms with Crippen LogP contribution in [0.15, 0.2) is 41.3 Å². The van der Waals surface area contributed by atoms with Crippen LogP contribution in [0, 0.1) is 11.6 Å². The van der Waals surface area contributed by atoms with Gasteiger partial charge < -0.3 is 10.1 Å². The predicted molar refractivity (Wildman–Crippen MR) is 105 cm³/mol. The molecule has 10 heteroatoms. The van der Waals surface area contributed by atoms with Crippen LogP contribution in [-0.4, -0.2) is 43.9 Å². The van der Waals surface area contributed by atoms with E-state index in [0.717, 1.165) is 18.2 Å². The number of anilines is 1. The smallest absolute Gasteiger partial charge is 0.255 e. The number of morpholine rings is 1. The molecule has 2 aromatic rings. The molecule has 0 aliphatic carbocycles. The second-order valence-corrected chi connectivity index (χ2v) is 9.15. The molecular formula is C19H19ClF2N2O4S. The van der Waals surface area contributed by atoms with Crippen LogP contribution in [0.25, 0.3) is 0 Å². The summed E-state index contributed by atoms with van der Waals surface area (Å²) in [6.45, 7) is 3.84. The Kier molecular flexibility index (Phi) is 6.23. The fourth-order valence-corrected chi connectivity index (χ4v) is 5.23. The SMILES string of the molecule is CC1CN(S(=O)(=O)c2cc(C(=O)Nc3cc(F)cc(F)c3)ccc2Cl)CC(C)O1. The number of benzene rings is 2. The molecule has 2 unspecified atom stereocenters. The number of sulfonamides is 1. The first-order valence-corrected chi connectivity index (χ1v) is 10.6. The highest BCUT2D eigenvalue weighted by Gasteiger charge is 2.33. The van der Waals surface area contributed by atoms with Crippen molar-refractivity contribution < 1.29 is 26.7 Å². The fraction of sp³-hybridized carbons (Fsp3) is 0.316. The number of amides is 1. The summed E-state index contributed by atoms with van der Waals surface area (Å²) in [5.74, 6) is -2.43. The van der Waals surface area contributed by atoms with E-state index in [-0.39, 0.29) is 46.5 Å². The molecule has 2 aromatic carbocycles. The van der Waals surface area contributed by atoms with Gasteiger partial charge in [-0.15, -0.1) is 0 Å². The molecule has 1 N–H and O–H groups in total. The van der Waals surface area contributed by atoms with Gasteiger partial charge in [-0.2, -0.15) is 4.31 Å². The monoisotopic (exact) mass is 444 g/mol. The summed E-state index contributed by atoms with van der Waals surface area (Å²) in [5.41, 5.74) is -0.116. The van der Waals surface area contributed by atoms with Gasteiger partial charge in [-0.25, -0.2) is 17.2 Å². The zero-order valence-corrected chi connectivity index (χ0v) is 17.2. The highest BCUT2D eigenvalue weighted by atomic mass is 35.5. The first-order chi connectivity index (χ1) is 13.6. The largest absolute Gasteiger partial charge is 0.373 e. The van der Waals surface area contributed by atoms with Gasteiger partial charge in [-0.1, -0.05) is 11.6 Å². The maximum Gasteiger partial charge on any atom is 0.255 e. The lowest BCUT2D eigenvalue weighted by molar-refractivity contribution is -0.0440. The molecule has 1 heterocycles.